The second-order valence-corrected chi connectivity index (χ2v) is 5.83. The van der Waals surface area contributed by atoms with Gasteiger partial charge in [-0.1, -0.05) is 0 Å². The number of nitrogens with zero attached hydrogens (tertiary/aromatic N) is 3. The van der Waals surface area contributed by atoms with Gasteiger partial charge in [-0.2, -0.15) is 0 Å². The van der Waals surface area contributed by atoms with E-state index in [4.69, 9.17) is 5.73 Å². The summed E-state index contributed by atoms with van der Waals surface area (Å²) in [7, 11) is 0. The smallest absolute Gasteiger partial charge is 0.231 e. The molecular formula is C15H23N5O2. The standard InChI is InChI=1S/C15H23N5O2/c1-10-6-11(2)19-14(18-10)7-17-15(22)12-4-3-5-20(8-12)9-13(16)21/h6,12H,3-5,7-9H2,1-2H3,(H2,16,21)(H,17,22). The molecule has 1 aliphatic rings. The molecule has 1 fully saturated rings. The Morgan fingerprint density at radius 1 is 1.36 bits per heavy atom. The highest BCUT2D eigenvalue weighted by Crippen LogP contribution is 2.16. The maximum absolute atomic E-state index is 12.3. The van der Waals surface area contributed by atoms with Gasteiger partial charge >= 0.3 is 0 Å². The van der Waals surface area contributed by atoms with Crippen LogP contribution in [0.2, 0.25) is 0 Å². The van der Waals surface area contributed by atoms with Crippen molar-refractivity contribution in [2.75, 3.05) is 19.6 Å². The Kier molecular flexibility index (Phi) is 5.43. The number of nitrogens with two attached hydrogens (primary N) is 1. The van der Waals surface area contributed by atoms with E-state index >= 15 is 0 Å². The number of rotatable bonds is 5. The van der Waals surface area contributed by atoms with Crippen LogP contribution in [0.4, 0.5) is 0 Å². The fourth-order valence-electron chi connectivity index (χ4n) is 2.82. The second kappa shape index (κ2) is 7.31. The fraction of sp³-hybridized carbons (Fsp3) is 0.600. The van der Waals surface area contributed by atoms with E-state index in [9.17, 15) is 9.59 Å². The van der Waals surface area contributed by atoms with Crippen LogP contribution in [0.3, 0.4) is 0 Å². The number of amides is 2. The fourth-order valence-corrected chi connectivity index (χ4v) is 2.82. The third kappa shape index (κ3) is 4.77. The van der Waals surface area contributed by atoms with E-state index in [0.29, 0.717) is 18.9 Å². The monoisotopic (exact) mass is 305 g/mol. The lowest BCUT2D eigenvalue weighted by molar-refractivity contribution is -0.128. The highest BCUT2D eigenvalue weighted by Gasteiger charge is 2.26. The molecule has 0 aromatic carbocycles. The van der Waals surface area contributed by atoms with Gasteiger partial charge in [0.2, 0.25) is 11.8 Å². The zero-order valence-corrected chi connectivity index (χ0v) is 13.1. The number of nitrogens with one attached hydrogen (secondary N) is 1. The number of aromatic nitrogens is 2. The van der Waals surface area contributed by atoms with Crippen molar-refractivity contribution in [3.05, 3.63) is 23.3 Å². The third-order valence-corrected chi connectivity index (χ3v) is 3.71. The molecule has 7 heteroatoms. The van der Waals surface area contributed by atoms with Crippen LogP contribution in [-0.4, -0.2) is 46.3 Å². The number of likely N-dealkylation sites (tertiary alicyclic amines) is 1. The van der Waals surface area contributed by atoms with Crippen molar-refractivity contribution >= 4 is 11.8 Å². The van der Waals surface area contributed by atoms with Crippen LogP contribution in [0, 0.1) is 19.8 Å². The summed E-state index contributed by atoms with van der Waals surface area (Å²) < 4.78 is 0. The number of piperidine rings is 1. The number of primary amides is 1. The largest absolute Gasteiger partial charge is 0.369 e. The molecule has 0 aliphatic carbocycles. The average molecular weight is 305 g/mol. The molecule has 0 radical (unpaired) electrons. The van der Waals surface area contributed by atoms with Gasteiger partial charge in [0, 0.05) is 17.9 Å². The number of carbonyl (C=O) groups is 2. The average Bonchev–Trinajstić information content (AvgIpc) is 2.43. The van der Waals surface area contributed by atoms with E-state index < -0.39 is 0 Å². The number of hydrogen-bond acceptors (Lipinski definition) is 5. The zero-order chi connectivity index (χ0) is 16.1. The molecule has 1 unspecified atom stereocenters. The number of hydrogen-bond donors (Lipinski definition) is 2. The number of aryl methyl sites for hydroxylation is 2. The molecule has 1 aromatic heterocycles. The van der Waals surface area contributed by atoms with Crippen LogP contribution in [-0.2, 0) is 16.1 Å². The van der Waals surface area contributed by atoms with Gasteiger partial charge in [0.15, 0.2) is 0 Å². The first-order valence-electron chi connectivity index (χ1n) is 7.53. The minimum atomic E-state index is -0.357. The predicted octanol–water partition coefficient (Wildman–Crippen LogP) is -0.0931. The van der Waals surface area contributed by atoms with Gasteiger partial charge in [-0.25, -0.2) is 9.97 Å². The summed E-state index contributed by atoms with van der Waals surface area (Å²) in [4.78, 5) is 33.8. The molecule has 1 atom stereocenters. The Bertz CT molecular complexity index is 541. The molecule has 0 spiro atoms. The molecule has 120 valence electrons. The molecule has 2 amide bonds. The van der Waals surface area contributed by atoms with Crippen molar-refractivity contribution < 1.29 is 9.59 Å². The highest BCUT2D eigenvalue weighted by molar-refractivity contribution is 5.79. The molecular weight excluding hydrogens is 282 g/mol. The van der Waals surface area contributed by atoms with Crippen LogP contribution in [0.15, 0.2) is 6.07 Å². The van der Waals surface area contributed by atoms with E-state index in [2.05, 4.69) is 15.3 Å². The molecule has 7 nitrogen and oxygen atoms in total. The summed E-state index contributed by atoms with van der Waals surface area (Å²) in [6.45, 7) is 5.73. The van der Waals surface area contributed by atoms with Crippen LogP contribution in [0.1, 0.15) is 30.1 Å². The van der Waals surface area contributed by atoms with E-state index in [1.807, 2.05) is 24.8 Å². The highest BCUT2D eigenvalue weighted by atomic mass is 16.2. The van der Waals surface area contributed by atoms with E-state index in [1.54, 1.807) is 0 Å². The van der Waals surface area contributed by atoms with Crippen LogP contribution >= 0.6 is 0 Å². The Morgan fingerprint density at radius 3 is 2.68 bits per heavy atom. The van der Waals surface area contributed by atoms with Crippen molar-refractivity contribution in [3.8, 4) is 0 Å². The minimum absolute atomic E-state index is 0.0167. The normalized spacial score (nSPS) is 18.9. The van der Waals surface area contributed by atoms with Crippen molar-refractivity contribution in [1.29, 1.82) is 0 Å². The number of carbonyl (C=O) groups excluding carboxylic acids is 2. The van der Waals surface area contributed by atoms with E-state index in [-0.39, 0.29) is 24.3 Å². The van der Waals surface area contributed by atoms with Crippen LogP contribution < -0.4 is 11.1 Å². The lowest BCUT2D eigenvalue weighted by atomic mass is 9.97. The Balaban J connectivity index is 1.87. The van der Waals surface area contributed by atoms with Crippen LogP contribution in [0.25, 0.3) is 0 Å². The maximum Gasteiger partial charge on any atom is 0.231 e. The van der Waals surface area contributed by atoms with Gasteiger partial charge in [0.1, 0.15) is 5.82 Å². The minimum Gasteiger partial charge on any atom is -0.369 e. The summed E-state index contributed by atoms with van der Waals surface area (Å²) in [5.74, 6) is 0.135. The molecule has 3 N–H and O–H groups in total. The Morgan fingerprint density at radius 2 is 2.05 bits per heavy atom. The second-order valence-electron chi connectivity index (χ2n) is 5.83. The van der Waals surface area contributed by atoms with Gasteiger partial charge in [-0.15, -0.1) is 0 Å². The quantitative estimate of drug-likeness (QED) is 0.791. The molecule has 2 rings (SSSR count). The van der Waals surface area contributed by atoms with E-state index in [0.717, 1.165) is 30.8 Å². The molecule has 0 saturated carbocycles. The van der Waals surface area contributed by atoms with Gasteiger partial charge in [0.25, 0.3) is 0 Å². The molecule has 1 aromatic rings. The summed E-state index contributed by atoms with van der Waals surface area (Å²) >= 11 is 0. The van der Waals surface area contributed by atoms with Gasteiger partial charge in [-0.05, 0) is 39.3 Å². The van der Waals surface area contributed by atoms with E-state index in [1.165, 1.54) is 0 Å². The zero-order valence-electron chi connectivity index (χ0n) is 13.1. The maximum atomic E-state index is 12.3. The Hall–Kier alpha value is -2.02. The SMILES string of the molecule is Cc1cc(C)nc(CNC(=O)C2CCCN(CC(N)=O)C2)n1. The van der Waals surface area contributed by atoms with Crippen molar-refractivity contribution in [3.63, 3.8) is 0 Å². The summed E-state index contributed by atoms with van der Waals surface area (Å²) in [5.41, 5.74) is 6.99. The molecule has 1 aliphatic heterocycles. The lowest BCUT2D eigenvalue weighted by Crippen LogP contribution is -2.45. The molecule has 1 saturated heterocycles. The lowest BCUT2D eigenvalue weighted by Gasteiger charge is -2.30. The van der Waals surface area contributed by atoms with Gasteiger partial charge in [-0.3, -0.25) is 14.5 Å². The Labute approximate surface area is 130 Å². The topological polar surface area (TPSA) is 101 Å². The van der Waals surface area contributed by atoms with Gasteiger partial charge in [0.05, 0.1) is 19.0 Å². The first-order chi connectivity index (χ1) is 10.4. The van der Waals surface area contributed by atoms with Crippen molar-refractivity contribution in [1.82, 2.24) is 20.2 Å². The molecule has 22 heavy (non-hydrogen) atoms. The van der Waals surface area contributed by atoms with Crippen LogP contribution in [0.5, 0.6) is 0 Å². The van der Waals surface area contributed by atoms with Crippen molar-refractivity contribution in [2.24, 2.45) is 11.7 Å². The first-order valence-corrected chi connectivity index (χ1v) is 7.53. The predicted molar refractivity (Wildman–Crippen MR) is 81.7 cm³/mol. The third-order valence-electron chi connectivity index (χ3n) is 3.71. The summed E-state index contributed by atoms with van der Waals surface area (Å²) in [5, 5.41) is 2.89. The first kappa shape index (κ1) is 16.4. The summed E-state index contributed by atoms with van der Waals surface area (Å²) in [6.07, 6.45) is 1.72. The molecule has 0 bridgehead atoms. The van der Waals surface area contributed by atoms with Gasteiger partial charge < -0.3 is 11.1 Å². The summed E-state index contributed by atoms with van der Waals surface area (Å²) in [6, 6.07) is 1.90. The van der Waals surface area contributed by atoms with Crippen molar-refractivity contribution in [2.45, 2.75) is 33.2 Å². The molecule has 2 heterocycles.